The second kappa shape index (κ2) is 6.29. The molecule has 0 heterocycles. The lowest BCUT2D eigenvalue weighted by Crippen LogP contribution is -2.10. The van der Waals surface area contributed by atoms with Crippen LogP contribution in [-0.4, -0.2) is 13.0 Å². The van der Waals surface area contributed by atoms with Crippen LogP contribution in [0, 0.1) is 0 Å². The standard InChI is InChI=1S/C15H15NO2S/c1-18-13-6-8-14(9-7-13)19-10-11-2-4-12(5-3-11)15(16)17/h2-9H,10H2,1H3,(H2,16,17). The molecule has 0 aromatic heterocycles. The molecule has 19 heavy (non-hydrogen) atoms. The van der Waals surface area contributed by atoms with Crippen LogP contribution in [0.1, 0.15) is 15.9 Å². The number of carbonyl (C=O) groups is 1. The highest BCUT2D eigenvalue weighted by atomic mass is 32.2. The van der Waals surface area contributed by atoms with Crippen molar-refractivity contribution in [3.63, 3.8) is 0 Å². The topological polar surface area (TPSA) is 52.3 Å². The highest BCUT2D eigenvalue weighted by Crippen LogP contribution is 2.24. The maximum atomic E-state index is 11.0. The number of amides is 1. The predicted octanol–water partition coefficient (Wildman–Crippen LogP) is 3.09. The molecule has 0 aliphatic heterocycles. The van der Waals surface area contributed by atoms with E-state index >= 15 is 0 Å². The molecule has 0 bridgehead atoms. The minimum Gasteiger partial charge on any atom is -0.497 e. The molecule has 2 aromatic carbocycles. The maximum absolute atomic E-state index is 11.0. The van der Waals surface area contributed by atoms with Gasteiger partial charge in [-0.05, 0) is 42.0 Å². The fourth-order valence-electron chi connectivity index (χ4n) is 1.60. The first-order valence-corrected chi connectivity index (χ1v) is 6.83. The van der Waals surface area contributed by atoms with Gasteiger partial charge < -0.3 is 10.5 Å². The molecule has 0 spiro atoms. The van der Waals surface area contributed by atoms with E-state index in [1.54, 1.807) is 31.0 Å². The van der Waals surface area contributed by atoms with E-state index in [4.69, 9.17) is 10.5 Å². The Bertz CT molecular complexity index is 549. The third-order valence-corrected chi connectivity index (χ3v) is 3.79. The number of ether oxygens (including phenoxy) is 1. The van der Waals surface area contributed by atoms with Gasteiger partial charge in [-0.3, -0.25) is 4.79 Å². The Hall–Kier alpha value is -1.94. The number of primary amides is 1. The van der Waals surface area contributed by atoms with E-state index in [2.05, 4.69) is 0 Å². The highest BCUT2D eigenvalue weighted by Gasteiger charge is 2.01. The second-order valence-electron chi connectivity index (χ2n) is 4.03. The first-order valence-electron chi connectivity index (χ1n) is 5.84. The number of hydrogen-bond acceptors (Lipinski definition) is 3. The van der Waals surface area contributed by atoms with Gasteiger partial charge in [0.1, 0.15) is 5.75 Å². The van der Waals surface area contributed by atoms with Crippen LogP contribution in [0.2, 0.25) is 0 Å². The van der Waals surface area contributed by atoms with Crippen LogP contribution in [0.25, 0.3) is 0 Å². The Morgan fingerprint density at radius 1 is 1.11 bits per heavy atom. The number of hydrogen-bond donors (Lipinski definition) is 1. The monoisotopic (exact) mass is 273 g/mol. The van der Waals surface area contributed by atoms with Crippen molar-refractivity contribution in [1.82, 2.24) is 0 Å². The largest absolute Gasteiger partial charge is 0.497 e. The fourth-order valence-corrected chi connectivity index (χ4v) is 2.46. The predicted molar refractivity (Wildman–Crippen MR) is 77.5 cm³/mol. The summed E-state index contributed by atoms with van der Waals surface area (Å²) in [5.74, 6) is 1.32. The minimum absolute atomic E-state index is 0.394. The molecule has 0 radical (unpaired) electrons. The van der Waals surface area contributed by atoms with Crippen molar-refractivity contribution in [2.75, 3.05) is 7.11 Å². The number of nitrogens with two attached hydrogens (primary N) is 1. The summed E-state index contributed by atoms with van der Waals surface area (Å²) in [7, 11) is 1.66. The molecule has 0 saturated heterocycles. The lowest BCUT2D eigenvalue weighted by Gasteiger charge is -2.04. The van der Waals surface area contributed by atoms with Gasteiger partial charge in [0.15, 0.2) is 0 Å². The Morgan fingerprint density at radius 3 is 2.26 bits per heavy atom. The summed E-state index contributed by atoms with van der Waals surface area (Å²) in [6.07, 6.45) is 0. The van der Waals surface area contributed by atoms with Gasteiger partial charge in [0.2, 0.25) is 5.91 Å². The Labute approximate surface area is 116 Å². The molecule has 98 valence electrons. The van der Waals surface area contributed by atoms with Gasteiger partial charge in [-0.2, -0.15) is 0 Å². The number of benzene rings is 2. The third-order valence-electron chi connectivity index (χ3n) is 2.70. The van der Waals surface area contributed by atoms with Gasteiger partial charge in [-0.1, -0.05) is 12.1 Å². The lowest BCUT2D eigenvalue weighted by atomic mass is 10.1. The van der Waals surface area contributed by atoms with Gasteiger partial charge in [-0.15, -0.1) is 11.8 Å². The normalized spacial score (nSPS) is 10.2. The van der Waals surface area contributed by atoms with Gasteiger partial charge in [0, 0.05) is 16.2 Å². The maximum Gasteiger partial charge on any atom is 0.248 e. The molecule has 0 aliphatic carbocycles. The molecule has 0 fully saturated rings. The summed E-state index contributed by atoms with van der Waals surface area (Å²) < 4.78 is 5.11. The molecule has 1 amide bonds. The van der Waals surface area contributed by atoms with Crippen molar-refractivity contribution >= 4 is 17.7 Å². The molecule has 0 unspecified atom stereocenters. The summed E-state index contributed by atoms with van der Waals surface area (Å²) in [5.41, 5.74) is 6.90. The molecule has 0 atom stereocenters. The van der Waals surface area contributed by atoms with Crippen LogP contribution in [0.4, 0.5) is 0 Å². The molecular formula is C15H15NO2S. The molecule has 2 aromatic rings. The smallest absolute Gasteiger partial charge is 0.248 e. The van der Waals surface area contributed by atoms with Crippen LogP contribution in [0.15, 0.2) is 53.4 Å². The molecule has 4 heteroatoms. The van der Waals surface area contributed by atoms with E-state index in [1.807, 2.05) is 36.4 Å². The Kier molecular flexibility index (Phi) is 4.47. The quantitative estimate of drug-likeness (QED) is 0.852. The summed E-state index contributed by atoms with van der Waals surface area (Å²) in [6.45, 7) is 0. The molecule has 0 aliphatic rings. The zero-order chi connectivity index (χ0) is 13.7. The van der Waals surface area contributed by atoms with Gasteiger partial charge >= 0.3 is 0 Å². The van der Waals surface area contributed by atoms with Crippen LogP contribution in [0.3, 0.4) is 0 Å². The van der Waals surface area contributed by atoms with E-state index < -0.39 is 5.91 Å². The van der Waals surface area contributed by atoms with Crippen molar-refractivity contribution in [2.45, 2.75) is 10.6 Å². The summed E-state index contributed by atoms with van der Waals surface area (Å²) in [4.78, 5) is 12.1. The van der Waals surface area contributed by atoms with Crippen LogP contribution >= 0.6 is 11.8 Å². The van der Waals surface area contributed by atoms with Gasteiger partial charge in [0.25, 0.3) is 0 Å². The third kappa shape index (κ3) is 3.76. The van der Waals surface area contributed by atoms with E-state index in [9.17, 15) is 4.79 Å². The van der Waals surface area contributed by atoms with Crippen molar-refractivity contribution in [1.29, 1.82) is 0 Å². The van der Waals surface area contributed by atoms with Crippen molar-refractivity contribution in [2.24, 2.45) is 5.73 Å². The van der Waals surface area contributed by atoms with Crippen LogP contribution in [-0.2, 0) is 5.75 Å². The lowest BCUT2D eigenvalue weighted by molar-refractivity contribution is 0.100. The number of methoxy groups -OCH3 is 1. The number of thioether (sulfide) groups is 1. The molecule has 2 rings (SSSR count). The van der Waals surface area contributed by atoms with Crippen molar-refractivity contribution < 1.29 is 9.53 Å². The molecule has 0 saturated carbocycles. The van der Waals surface area contributed by atoms with Crippen LogP contribution < -0.4 is 10.5 Å². The molecular weight excluding hydrogens is 258 g/mol. The second-order valence-corrected chi connectivity index (χ2v) is 5.07. The van der Waals surface area contributed by atoms with E-state index in [1.165, 1.54) is 4.90 Å². The Balaban J connectivity index is 1.95. The van der Waals surface area contributed by atoms with E-state index in [0.717, 1.165) is 17.1 Å². The van der Waals surface area contributed by atoms with Crippen LogP contribution in [0.5, 0.6) is 5.75 Å². The average Bonchev–Trinajstić information content (AvgIpc) is 2.46. The average molecular weight is 273 g/mol. The van der Waals surface area contributed by atoms with Gasteiger partial charge in [0.05, 0.1) is 7.11 Å². The van der Waals surface area contributed by atoms with Crippen molar-refractivity contribution in [3.05, 3.63) is 59.7 Å². The Morgan fingerprint density at radius 2 is 1.74 bits per heavy atom. The van der Waals surface area contributed by atoms with Gasteiger partial charge in [-0.25, -0.2) is 0 Å². The summed E-state index contributed by atoms with van der Waals surface area (Å²) in [6, 6.07) is 15.3. The highest BCUT2D eigenvalue weighted by molar-refractivity contribution is 7.98. The SMILES string of the molecule is COc1ccc(SCc2ccc(C(N)=O)cc2)cc1. The summed E-state index contributed by atoms with van der Waals surface area (Å²) in [5, 5.41) is 0. The summed E-state index contributed by atoms with van der Waals surface area (Å²) >= 11 is 1.74. The number of rotatable bonds is 5. The molecule has 2 N–H and O–H groups in total. The zero-order valence-corrected chi connectivity index (χ0v) is 11.4. The van der Waals surface area contributed by atoms with E-state index in [0.29, 0.717) is 5.56 Å². The molecule has 3 nitrogen and oxygen atoms in total. The first kappa shape index (κ1) is 13.5. The van der Waals surface area contributed by atoms with E-state index in [-0.39, 0.29) is 0 Å². The van der Waals surface area contributed by atoms with Crippen molar-refractivity contribution in [3.8, 4) is 5.75 Å². The first-order chi connectivity index (χ1) is 9.19. The zero-order valence-electron chi connectivity index (χ0n) is 10.6. The minimum atomic E-state index is -0.394. The fraction of sp³-hybridized carbons (Fsp3) is 0.133. The number of carbonyl (C=O) groups excluding carboxylic acids is 1.